The first-order valence-electron chi connectivity index (χ1n) is 10.5. The number of nitrogens with one attached hydrogen (secondary N) is 1. The van der Waals surface area contributed by atoms with Gasteiger partial charge in [-0.3, -0.25) is 9.59 Å². The predicted octanol–water partition coefficient (Wildman–Crippen LogP) is 4.31. The maximum atomic E-state index is 14.3. The van der Waals surface area contributed by atoms with Crippen LogP contribution in [-0.4, -0.2) is 44.6 Å². The van der Waals surface area contributed by atoms with Crippen molar-refractivity contribution in [1.29, 1.82) is 0 Å². The highest BCUT2D eigenvalue weighted by atomic mass is 35.5. The molecule has 0 aliphatic carbocycles. The van der Waals surface area contributed by atoms with Gasteiger partial charge in [0.1, 0.15) is 17.3 Å². The number of amides is 2. The van der Waals surface area contributed by atoms with Crippen LogP contribution in [0.2, 0.25) is 5.02 Å². The average Bonchev–Trinajstić information content (AvgIpc) is 3.08. The Morgan fingerprint density at radius 3 is 2.48 bits per heavy atom. The molecule has 1 aliphatic rings. The van der Waals surface area contributed by atoms with Crippen LogP contribution in [0.25, 0.3) is 5.69 Å². The number of hydrogen-bond donors (Lipinski definition) is 1. The van der Waals surface area contributed by atoms with Crippen molar-refractivity contribution in [3.05, 3.63) is 70.1 Å². The van der Waals surface area contributed by atoms with Crippen LogP contribution in [0.15, 0.2) is 36.5 Å². The molecule has 0 spiro atoms. The van der Waals surface area contributed by atoms with Crippen molar-refractivity contribution >= 4 is 29.2 Å². The van der Waals surface area contributed by atoms with Gasteiger partial charge in [0.05, 0.1) is 22.0 Å². The molecule has 0 unspecified atom stereocenters. The summed E-state index contributed by atoms with van der Waals surface area (Å²) in [5.41, 5.74) is 1.38. The molecule has 2 amide bonds. The molecule has 0 atom stereocenters. The minimum absolute atomic E-state index is 0.0715. The van der Waals surface area contributed by atoms with Crippen molar-refractivity contribution in [2.75, 3.05) is 18.4 Å². The molecule has 1 N–H and O–H groups in total. The number of piperidine rings is 1. The minimum atomic E-state index is -0.762. The number of halogens is 3. The van der Waals surface area contributed by atoms with E-state index in [1.54, 1.807) is 30.9 Å². The van der Waals surface area contributed by atoms with Crippen molar-refractivity contribution in [2.45, 2.75) is 26.7 Å². The summed E-state index contributed by atoms with van der Waals surface area (Å²) < 4.78 is 28.9. The highest BCUT2D eigenvalue weighted by Crippen LogP contribution is 2.25. The number of pyridine rings is 1. The lowest BCUT2D eigenvalue weighted by Crippen LogP contribution is -2.41. The molecular formula is C23H22ClF2N5O2. The quantitative estimate of drug-likeness (QED) is 0.612. The zero-order chi connectivity index (χ0) is 23.7. The largest absolute Gasteiger partial charge is 0.338 e. The Bertz CT molecular complexity index is 1200. The first kappa shape index (κ1) is 22.8. The topological polar surface area (TPSA) is 80.1 Å². The molecule has 0 radical (unpaired) electrons. The fourth-order valence-corrected chi connectivity index (χ4v) is 4.13. The Balaban J connectivity index is 1.44. The van der Waals surface area contributed by atoms with Crippen LogP contribution in [0.4, 0.5) is 14.6 Å². The summed E-state index contributed by atoms with van der Waals surface area (Å²) in [6.07, 6.45) is 2.47. The van der Waals surface area contributed by atoms with Crippen molar-refractivity contribution < 1.29 is 18.4 Å². The molecule has 1 aromatic carbocycles. The predicted molar refractivity (Wildman–Crippen MR) is 119 cm³/mol. The van der Waals surface area contributed by atoms with Crippen LogP contribution in [0.1, 0.15) is 34.6 Å². The lowest BCUT2D eigenvalue weighted by atomic mass is 9.95. The van der Waals surface area contributed by atoms with Gasteiger partial charge in [0.25, 0.3) is 5.91 Å². The van der Waals surface area contributed by atoms with Crippen molar-refractivity contribution in [1.82, 2.24) is 19.7 Å². The molecule has 1 saturated heterocycles. The SMILES string of the molecule is Cc1nn(-c2ccc(F)cc2F)c(C)c1C(=O)N1CCC(C(=O)Nc2ccc(Cl)cn2)CC1. The Morgan fingerprint density at radius 1 is 1.12 bits per heavy atom. The molecule has 3 heterocycles. The van der Waals surface area contributed by atoms with E-state index in [4.69, 9.17) is 11.6 Å². The summed E-state index contributed by atoms with van der Waals surface area (Å²) in [5, 5.41) is 7.57. The van der Waals surface area contributed by atoms with Gasteiger partial charge < -0.3 is 10.2 Å². The van der Waals surface area contributed by atoms with Crippen LogP contribution < -0.4 is 5.32 Å². The molecule has 1 fully saturated rings. The molecule has 10 heteroatoms. The van der Waals surface area contributed by atoms with E-state index in [1.807, 2.05) is 0 Å². The first-order chi connectivity index (χ1) is 15.7. The molecule has 0 saturated carbocycles. The lowest BCUT2D eigenvalue weighted by Gasteiger charge is -2.31. The van der Waals surface area contributed by atoms with Crippen LogP contribution in [0.5, 0.6) is 0 Å². The van der Waals surface area contributed by atoms with Gasteiger partial charge >= 0.3 is 0 Å². The third-order valence-corrected chi connectivity index (χ3v) is 6.00. The lowest BCUT2D eigenvalue weighted by molar-refractivity contribution is -0.121. The number of carbonyl (C=O) groups excluding carboxylic acids is 2. The van der Waals surface area contributed by atoms with Crippen LogP contribution in [0.3, 0.4) is 0 Å². The van der Waals surface area contributed by atoms with Crippen molar-refractivity contribution in [3.63, 3.8) is 0 Å². The fraction of sp³-hybridized carbons (Fsp3) is 0.304. The number of benzene rings is 1. The maximum absolute atomic E-state index is 14.3. The van der Waals surface area contributed by atoms with Crippen molar-refractivity contribution in [3.8, 4) is 5.69 Å². The molecule has 2 aromatic heterocycles. The van der Waals surface area contributed by atoms with E-state index < -0.39 is 11.6 Å². The molecule has 7 nitrogen and oxygen atoms in total. The third-order valence-electron chi connectivity index (χ3n) is 5.77. The monoisotopic (exact) mass is 473 g/mol. The van der Waals surface area contributed by atoms with Gasteiger partial charge in [-0.2, -0.15) is 5.10 Å². The second-order valence-corrected chi connectivity index (χ2v) is 8.41. The number of aromatic nitrogens is 3. The van der Waals surface area contributed by atoms with E-state index in [-0.39, 0.29) is 23.4 Å². The summed E-state index contributed by atoms with van der Waals surface area (Å²) in [4.78, 5) is 31.5. The van der Waals surface area contributed by atoms with Crippen LogP contribution >= 0.6 is 11.6 Å². The summed E-state index contributed by atoms with van der Waals surface area (Å²) in [6.45, 7) is 4.16. The molecular weight excluding hydrogens is 452 g/mol. The number of likely N-dealkylation sites (tertiary alicyclic amines) is 1. The van der Waals surface area contributed by atoms with Crippen molar-refractivity contribution in [2.24, 2.45) is 5.92 Å². The fourth-order valence-electron chi connectivity index (χ4n) is 4.02. The molecule has 33 heavy (non-hydrogen) atoms. The number of hydrogen-bond acceptors (Lipinski definition) is 4. The van der Waals surface area contributed by atoms with Crippen LogP contribution in [0, 0.1) is 31.4 Å². The van der Waals surface area contributed by atoms with Gasteiger partial charge in [0, 0.05) is 31.3 Å². The maximum Gasteiger partial charge on any atom is 0.257 e. The zero-order valence-corrected chi connectivity index (χ0v) is 18.9. The van der Waals surface area contributed by atoms with Gasteiger partial charge in [0.15, 0.2) is 5.82 Å². The van der Waals surface area contributed by atoms with Gasteiger partial charge in [-0.1, -0.05) is 11.6 Å². The Labute approximate surface area is 194 Å². The molecule has 172 valence electrons. The van der Waals surface area contributed by atoms with Crippen LogP contribution in [-0.2, 0) is 4.79 Å². The Kier molecular flexibility index (Phi) is 6.42. The second-order valence-electron chi connectivity index (χ2n) is 7.97. The number of rotatable bonds is 4. The number of aryl methyl sites for hydroxylation is 1. The Morgan fingerprint density at radius 2 is 1.85 bits per heavy atom. The highest BCUT2D eigenvalue weighted by Gasteiger charge is 2.31. The van der Waals surface area contributed by atoms with E-state index >= 15 is 0 Å². The van der Waals surface area contributed by atoms with Gasteiger partial charge in [-0.25, -0.2) is 18.4 Å². The van der Waals surface area contributed by atoms with E-state index in [9.17, 15) is 18.4 Å². The normalized spacial score (nSPS) is 14.4. The highest BCUT2D eigenvalue weighted by molar-refractivity contribution is 6.30. The standard InChI is InChI=1S/C23H22ClF2N5O2/c1-13-21(14(2)31(29-13)19-5-4-17(25)11-18(19)26)23(33)30-9-7-15(8-10-30)22(32)28-20-6-3-16(24)12-27-20/h3-6,11-12,15H,7-10H2,1-2H3,(H,27,28,32). The smallest absolute Gasteiger partial charge is 0.257 e. The summed E-state index contributed by atoms with van der Waals surface area (Å²) in [7, 11) is 0. The minimum Gasteiger partial charge on any atom is -0.338 e. The van der Waals surface area contributed by atoms with Gasteiger partial charge in [-0.15, -0.1) is 0 Å². The third kappa shape index (κ3) is 4.73. The first-order valence-corrected chi connectivity index (χ1v) is 10.9. The van der Waals surface area contributed by atoms with Gasteiger partial charge in [0.2, 0.25) is 5.91 Å². The van der Waals surface area contributed by atoms with E-state index in [2.05, 4.69) is 15.4 Å². The van der Waals surface area contributed by atoms with E-state index in [1.165, 1.54) is 16.9 Å². The molecule has 3 aromatic rings. The molecule has 1 aliphatic heterocycles. The number of anilines is 1. The zero-order valence-electron chi connectivity index (χ0n) is 18.1. The summed E-state index contributed by atoms with van der Waals surface area (Å²) in [6, 6.07) is 6.49. The van der Waals surface area contributed by atoms with E-state index in [0.29, 0.717) is 53.7 Å². The molecule has 4 rings (SSSR count). The Hall–Kier alpha value is -3.33. The summed E-state index contributed by atoms with van der Waals surface area (Å²) in [5.74, 6) is -1.64. The number of carbonyl (C=O) groups is 2. The van der Waals surface area contributed by atoms with E-state index in [0.717, 1.165) is 12.1 Å². The molecule has 0 bridgehead atoms. The summed E-state index contributed by atoms with van der Waals surface area (Å²) >= 11 is 5.81. The average molecular weight is 474 g/mol. The second kappa shape index (κ2) is 9.27. The number of nitrogens with zero attached hydrogens (tertiary/aromatic N) is 4. The van der Waals surface area contributed by atoms with Gasteiger partial charge in [-0.05, 0) is 51.0 Å².